The second-order valence-electron chi connectivity index (χ2n) is 1.68. The van der Waals surface area contributed by atoms with Crippen molar-refractivity contribution in [2.75, 3.05) is 21.1 Å². The standard InChI is InChI=1S/C3H9N.CH3NO2/c1-4(2)3;2-1(3)4/h1-3H3;2H2,(H,3,4). The SMILES string of the molecule is CN(C)C.NC(=O)O. The van der Waals surface area contributed by atoms with E-state index in [0.717, 1.165) is 0 Å². The summed E-state index contributed by atoms with van der Waals surface area (Å²) in [6.45, 7) is 0. The van der Waals surface area contributed by atoms with Crippen molar-refractivity contribution in [2.24, 2.45) is 5.73 Å². The number of amides is 1. The van der Waals surface area contributed by atoms with E-state index < -0.39 is 6.09 Å². The smallest absolute Gasteiger partial charge is 0.402 e. The maximum absolute atomic E-state index is 8.78. The molecule has 8 heavy (non-hydrogen) atoms. The zero-order valence-corrected chi connectivity index (χ0v) is 5.38. The molecule has 0 fully saturated rings. The van der Waals surface area contributed by atoms with Crippen molar-refractivity contribution >= 4 is 6.09 Å². The van der Waals surface area contributed by atoms with Gasteiger partial charge in [0.1, 0.15) is 0 Å². The molecule has 0 bridgehead atoms. The molecule has 0 aromatic rings. The van der Waals surface area contributed by atoms with Gasteiger partial charge in [-0.2, -0.15) is 0 Å². The molecule has 0 saturated heterocycles. The van der Waals surface area contributed by atoms with E-state index in [1.54, 1.807) is 0 Å². The van der Waals surface area contributed by atoms with Gasteiger partial charge in [-0.3, -0.25) is 0 Å². The summed E-state index contributed by atoms with van der Waals surface area (Å²) < 4.78 is 0. The molecule has 1 amide bonds. The molecule has 50 valence electrons. The van der Waals surface area contributed by atoms with Gasteiger partial charge in [0.05, 0.1) is 0 Å². The van der Waals surface area contributed by atoms with Crippen LogP contribution in [0.25, 0.3) is 0 Å². The van der Waals surface area contributed by atoms with Gasteiger partial charge in [0.25, 0.3) is 0 Å². The van der Waals surface area contributed by atoms with Gasteiger partial charge in [-0.15, -0.1) is 0 Å². The fourth-order valence-electron chi connectivity index (χ4n) is 0. The molecule has 0 aliphatic heterocycles. The van der Waals surface area contributed by atoms with Crippen LogP contribution in [-0.2, 0) is 0 Å². The van der Waals surface area contributed by atoms with Gasteiger partial charge in [-0.1, -0.05) is 0 Å². The molecule has 0 aromatic carbocycles. The molecule has 3 N–H and O–H groups in total. The summed E-state index contributed by atoms with van der Waals surface area (Å²) >= 11 is 0. The lowest BCUT2D eigenvalue weighted by Crippen LogP contribution is -2.03. The molecule has 0 aliphatic carbocycles. The van der Waals surface area contributed by atoms with Gasteiger partial charge in [0, 0.05) is 0 Å². The Morgan fingerprint density at radius 2 is 1.50 bits per heavy atom. The van der Waals surface area contributed by atoms with Crippen molar-refractivity contribution in [3.63, 3.8) is 0 Å². The number of carbonyl (C=O) groups is 1. The third-order valence-corrected chi connectivity index (χ3v) is 0. The Morgan fingerprint density at radius 1 is 1.50 bits per heavy atom. The highest BCUT2D eigenvalue weighted by molar-refractivity contribution is 5.61. The van der Waals surface area contributed by atoms with Crippen LogP contribution in [0.4, 0.5) is 4.79 Å². The van der Waals surface area contributed by atoms with E-state index in [2.05, 4.69) is 5.73 Å². The maximum Gasteiger partial charge on any atom is 0.402 e. The summed E-state index contributed by atoms with van der Waals surface area (Å²) in [7, 11) is 6.00. The number of rotatable bonds is 0. The molecule has 4 heteroatoms. The number of hydrogen-bond acceptors (Lipinski definition) is 2. The van der Waals surface area contributed by atoms with Crippen LogP contribution < -0.4 is 5.73 Å². The Hall–Kier alpha value is -0.770. The quantitative estimate of drug-likeness (QED) is 0.465. The number of nitrogens with zero attached hydrogens (tertiary/aromatic N) is 1. The van der Waals surface area contributed by atoms with E-state index >= 15 is 0 Å². The van der Waals surface area contributed by atoms with Crippen LogP contribution in [0.2, 0.25) is 0 Å². The fraction of sp³-hybridized carbons (Fsp3) is 0.750. The van der Waals surface area contributed by atoms with Crippen molar-refractivity contribution < 1.29 is 9.90 Å². The maximum atomic E-state index is 8.78. The van der Waals surface area contributed by atoms with Crippen molar-refractivity contribution in [3.8, 4) is 0 Å². The monoisotopic (exact) mass is 120 g/mol. The Morgan fingerprint density at radius 3 is 1.50 bits per heavy atom. The predicted molar refractivity (Wildman–Crippen MR) is 31.8 cm³/mol. The van der Waals surface area contributed by atoms with Crippen LogP contribution in [0.3, 0.4) is 0 Å². The van der Waals surface area contributed by atoms with E-state index in [-0.39, 0.29) is 0 Å². The lowest BCUT2D eigenvalue weighted by Gasteiger charge is -1.90. The first-order chi connectivity index (χ1) is 3.46. The number of hydrogen-bond donors (Lipinski definition) is 2. The normalized spacial score (nSPS) is 7.50. The minimum absolute atomic E-state index is 1.33. The van der Waals surface area contributed by atoms with E-state index in [1.807, 2.05) is 26.0 Å². The van der Waals surface area contributed by atoms with E-state index in [1.165, 1.54) is 0 Å². The predicted octanol–water partition coefficient (Wildman–Crippen LogP) is -0.199. The fourth-order valence-corrected chi connectivity index (χ4v) is 0. The lowest BCUT2D eigenvalue weighted by atomic mass is 11.0. The minimum Gasteiger partial charge on any atom is -0.465 e. The average Bonchev–Trinajstić information content (AvgIpc) is 1.25. The molecule has 0 unspecified atom stereocenters. The third kappa shape index (κ3) is 158. The summed E-state index contributed by atoms with van der Waals surface area (Å²) in [6.07, 6.45) is -1.33. The second-order valence-corrected chi connectivity index (χ2v) is 1.68. The largest absolute Gasteiger partial charge is 0.465 e. The molecular weight excluding hydrogens is 108 g/mol. The molecule has 0 heterocycles. The van der Waals surface area contributed by atoms with Crippen molar-refractivity contribution in [1.29, 1.82) is 0 Å². The number of carboxylic acid groups (broad SMARTS) is 1. The highest BCUT2D eigenvalue weighted by atomic mass is 16.4. The second kappa shape index (κ2) is 6.23. The first-order valence-electron chi connectivity index (χ1n) is 2.06. The molecule has 0 saturated carbocycles. The molecule has 0 aliphatic rings. The van der Waals surface area contributed by atoms with Gasteiger partial charge in [-0.25, -0.2) is 4.79 Å². The summed E-state index contributed by atoms with van der Waals surface area (Å²) in [5.74, 6) is 0. The van der Waals surface area contributed by atoms with Crippen LogP contribution in [0.15, 0.2) is 0 Å². The van der Waals surface area contributed by atoms with Crippen LogP contribution in [0, 0.1) is 0 Å². The molecule has 0 spiro atoms. The Balaban J connectivity index is 0. The van der Waals surface area contributed by atoms with Gasteiger partial charge in [0.2, 0.25) is 0 Å². The highest BCUT2D eigenvalue weighted by Gasteiger charge is 1.65. The number of primary amides is 1. The van der Waals surface area contributed by atoms with Crippen LogP contribution in [-0.4, -0.2) is 37.2 Å². The summed E-state index contributed by atoms with van der Waals surface area (Å²) in [5.41, 5.74) is 4.03. The zero-order chi connectivity index (χ0) is 7.15. The summed E-state index contributed by atoms with van der Waals surface area (Å²) in [5, 5.41) is 7.19. The Kier molecular flexibility index (Phi) is 7.99. The summed E-state index contributed by atoms with van der Waals surface area (Å²) in [4.78, 5) is 10.8. The first-order valence-corrected chi connectivity index (χ1v) is 2.06. The Labute approximate surface area is 48.9 Å². The minimum atomic E-state index is -1.33. The topological polar surface area (TPSA) is 66.6 Å². The molecular formula is C4H12N2O2. The third-order valence-electron chi connectivity index (χ3n) is 0. The van der Waals surface area contributed by atoms with E-state index in [0.29, 0.717) is 0 Å². The molecule has 0 aromatic heterocycles. The molecule has 0 radical (unpaired) electrons. The number of nitrogens with two attached hydrogens (primary N) is 1. The van der Waals surface area contributed by atoms with Crippen molar-refractivity contribution in [2.45, 2.75) is 0 Å². The van der Waals surface area contributed by atoms with Crippen molar-refractivity contribution in [1.82, 2.24) is 4.90 Å². The van der Waals surface area contributed by atoms with E-state index in [9.17, 15) is 0 Å². The summed E-state index contributed by atoms with van der Waals surface area (Å²) in [6, 6.07) is 0. The Bertz CT molecular complexity index is 56.3. The van der Waals surface area contributed by atoms with Crippen LogP contribution in [0.5, 0.6) is 0 Å². The zero-order valence-electron chi connectivity index (χ0n) is 5.38. The first kappa shape index (κ1) is 10.3. The molecule has 0 atom stereocenters. The highest BCUT2D eigenvalue weighted by Crippen LogP contribution is 1.47. The van der Waals surface area contributed by atoms with Crippen LogP contribution in [0.1, 0.15) is 0 Å². The molecule has 4 nitrogen and oxygen atoms in total. The van der Waals surface area contributed by atoms with Crippen molar-refractivity contribution in [3.05, 3.63) is 0 Å². The molecule has 0 rings (SSSR count). The lowest BCUT2D eigenvalue weighted by molar-refractivity contribution is 0.205. The van der Waals surface area contributed by atoms with Gasteiger partial charge < -0.3 is 15.7 Å². The average molecular weight is 120 g/mol. The van der Waals surface area contributed by atoms with Gasteiger partial charge in [-0.05, 0) is 21.1 Å². The van der Waals surface area contributed by atoms with Gasteiger partial charge >= 0.3 is 6.09 Å². The van der Waals surface area contributed by atoms with Crippen LogP contribution >= 0.6 is 0 Å². The van der Waals surface area contributed by atoms with E-state index in [4.69, 9.17) is 9.90 Å². The van der Waals surface area contributed by atoms with Gasteiger partial charge in [0.15, 0.2) is 0 Å².